The second kappa shape index (κ2) is 16.1. The minimum atomic E-state index is -1.25. The topological polar surface area (TPSA) is 105 Å². The molecule has 2 aliphatic rings. The number of aliphatic carboxylic acids is 1. The third-order valence-electron chi connectivity index (χ3n) is 9.02. The van der Waals surface area contributed by atoms with E-state index in [2.05, 4.69) is 44.3 Å². The van der Waals surface area contributed by atoms with Crippen molar-refractivity contribution < 1.29 is 58.5 Å². The van der Waals surface area contributed by atoms with E-state index in [1.807, 2.05) is 48.5 Å². The zero-order valence-corrected chi connectivity index (χ0v) is 29.6. The van der Waals surface area contributed by atoms with Crippen LogP contribution in [0.2, 0.25) is 0 Å². The van der Waals surface area contributed by atoms with Gasteiger partial charge in [0.1, 0.15) is 17.6 Å². The molecule has 0 bridgehead atoms. The van der Waals surface area contributed by atoms with E-state index >= 15 is 0 Å². The number of hydrogen-bond acceptors (Lipinski definition) is 6. The molecule has 0 aromatic heterocycles. The number of nitrogens with one attached hydrogen (secondary N) is 1. The molecule has 46 heavy (non-hydrogen) atoms. The zero-order valence-electron chi connectivity index (χ0n) is 27.6. The fraction of sp³-hybridized carbons (Fsp3) is 0.447. The number of rotatable bonds is 12. The molecule has 5 rings (SSSR count). The summed E-state index contributed by atoms with van der Waals surface area (Å²) < 4.78 is 11.9. The maximum atomic E-state index is 13.7. The number of anilines is 1. The molecule has 238 valence electrons. The number of carbonyl (C=O) groups excluding carboxylic acids is 3. The first-order valence-corrected chi connectivity index (χ1v) is 16.2. The molecule has 1 atom stereocenters. The first-order valence-electron chi connectivity index (χ1n) is 16.2. The molecule has 1 N–H and O–H groups in total. The minimum Gasteiger partial charge on any atom is -0.550 e. The molecule has 1 amide bonds. The third kappa shape index (κ3) is 9.46. The van der Waals surface area contributed by atoms with Gasteiger partial charge in [0, 0.05) is 35.1 Å². The van der Waals surface area contributed by atoms with Crippen molar-refractivity contribution in [2.24, 2.45) is 5.92 Å². The van der Waals surface area contributed by atoms with Crippen LogP contribution >= 0.6 is 0 Å². The zero-order chi connectivity index (χ0) is 32.0. The number of carboxylic acid groups (broad SMARTS) is 1. The molecular formula is C38H44NNaO6. The molecular weight excluding hydrogens is 589 g/mol. The van der Waals surface area contributed by atoms with Crippen molar-refractivity contribution in [3.63, 3.8) is 0 Å². The van der Waals surface area contributed by atoms with Gasteiger partial charge in [-0.05, 0) is 66.3 Å². The normalized spacial score (nSPS) is 15.1. The summed E-state index contributed by atoms with van der Waals surface area (Å²) in [5, 5.41) is 14.1. The standard InChI is InChI=1S/C38H45NO6.Na/c1-38(2,3)31-19-17-26(16-18-27(22-25-10-4-5-11-25)44-37(43)21-20-36(41)42)23-32(31)39-35(40)24-30-28-12-6-8-14-33(28)45-34-15-9-7-13-29(30)34;/h6-9,12-15,17,19,23,25,27,30H,4-5,10-11,16,18,20-22,24H2,1-3H3,(H,39,40)(H,41,42);/q;+1/p-1. The van der Waals surface area contributed by atoms with Gasteiger partial charge in [0.15, 0.2) is 0 Å². The van der Waals surface area contributed by atoms with Crippen molar-refractivity contribution >= 4 is 23.5 Å². The number of para-hydroxylation sites is 2. The van der Waals surface area contributed by atoms with Crippen LogP contribution in [0, 0.1) is 5.92 Å². The van der Waals surface area contributed by atoms with Crippen molar-refractivity contribution in [3.05, 3.63) is 89.0 Å². The van der Waals surface area contributed by atoms with E-state index in [9.17, 15) is 19.5 Å². The van der Waals surface area contributed by atoms with Crippen LogP contribution in [-0.4, -0.2) is 23.9 Å². The Kier molecular flexibility index (Phi) is 12.5. The Labute approximate surface area is 294 Å². The Balaban J connectivity index is 0.00000480. The van der Waals surface area contributed by atoms with Crippen LogP contribution in [0.5, 0.6) is 11.5 Å². The SMILES string of the molecule is CC(C)(C)c1ccc(CCC(CC2CCCC2)OC(=O)CCC(=O)[O-])cc1NC(=O)CC1c2ccccc2Oc2ccccc21.[Na+]. The van der Waals surface area contributed by atoms with Gasteiger partial charge < -0.3 is 24.7 Å². The molecule has 0 radical (unpaired) electrons. The summed E-state index contributed by atoms with van der Waals surface area (Å²) in [6.45, 7) is 6.39. The summed E-state index contributed by atoms with van der Waals surface area (Å²) in [5.41, 5.74) is 4.68. The monoisotopic (exact) mass is 633 g/mol. The largest absolute Gasteiger partial charge is 1.00 e. The van der Waals surface area contributed by atoms with E-state index in [0.717, 1.165) is 58.7 Å². The van der Waals surface area contributed by atoms with E-state index in [1.54, 1.807) is 0 Å². The first-order chi connectivity index (χ1) is 21.6. The summed E-state index contributed by atoms with van der Waals surface area (Å²) in [4.78, 5) is 37.0. The summed E-state index contributed by atoms with van der Waals surface area (Å²) in [7, 11) is 0. The smallest absolute Gasteiger partial charge is 0.550 e. The summed E-state index contributed by atoms with van der Waals surface area (Å²) in [6.07, 6.45) is 6.21. The van der Waals surface area contributed by atoms with E-state index < -0.39 is 11.9 Å². The van der Waals surface area contributed by atoms with Crippen LogP contribution in [0.4, 0.5) is 5.69 Å². The maximum Gasteiger partial charge on any atom is 1.00 e. The van der Waals surface area contributed by atoms with Crippen LogP contribution in [0.15, 0.2) is 66.7 Å². The molecule has 1 fully saturated rings. The van der Waals surface area contributed by atoms with Gasteiger partial charge in [0.25, 0.3) is 0 Å². The van der Waals surface area contributed by atoms with Gasteiger partial charge in [0.05, 0.1) is 6.42 Å². The first kappa shape index (κ1) is 35.7. The van der Waals surface area contributed by atoms with Gasteiger partial charge in [-0.1, -0.05) is 95.0 Å². The Morgan fingerprint density at radius 3 is 2.17 bits per heavy atom. The number of benzene rings is 3. The van der Waals surface area contributed by atoms with Crippen molar-refractivity contribution in [2.45, 2.75) is 102 Å². The van der Waals surface area contributed by atoms with Crippen LogP contribution in [0.3, 0.4) is 0 Å². The molecule has 0 spiro atoms. The molecule has 1 saturated carbocycles. The number of ether oxygens (including phenoxy) is 2. The quantitative estimate of drug-likeness (QED) is 0.237. The van der Waals surface area contributed by atoms with Gasteiger partial charge in [-0.25, -0.2) is 0 Å². The van der Waals surface area contributed by atoms with Crippen LogP contribution < -0.4 is 44.7 Å². The predicted molar refractivity (Wildman–Crippen MR) is 172 cm³/mol. The number of carbonyl (C=O) groups is 3. The molecule has 0 saturated heterocycles. The number of carboxylic acids is 1. The van der Waals surface area contributed by atoms with Crippen molar-refractivity contribution in [1.29, 1.82) is 0 Å². The fourth-order valence-corrected chi connectivity index (χ4v) is 6.74. The van der Waals surface area contributed by atoms with Gasteiger partial charge in [-0.2, -0.15) is 0 Å². The van der Waals surface area contributed by atoms with E-state index in [1.165, 1.54) is 12.8 Å². The molecule has 3 aromatic carbocycles. The molecule has 7 nitrogen and oxygen atoms in total. The van der Waals surface area contributed by atoms with Gasteiger partial charge in [0.2, 0.25) is 5.91 Å². The molecule has 3 aromatic rings. The number of esters is 1. The van der Waals surface area contributed by atoms with E-state index in [0.29, 0.717) is 18.8 Å². The van der Waals surface area contributed by atoms with Crippen molar-refractivity contribution in [3.8, 4) is 11.5 Å². The minimum absolute atomic E-state index is 0. The molecule has 1 aliphatic carbocycles. The van der Waals surface area contributed by atoms with Gasteiger partial charge in [-0.15, -0.1) is 0 Å². The Hall–Kier alpha value is -3.13. The average Bonchev–Trinajstić information content (AvgIpc) is 3.51. The van der Waals surface area contributed by atoms with E-state index in [4.69, 9.17) is 9.47 Å². The van der Waals surface area contributed by atoms with Crippen molar-refractivity contribution in [2.75, 3.05) is 5.32 Å². The Morgan fingerprint density at radius 1 is 0.935 bits per heavy atom. The summed E-state index contributed by atoms with van der Waals surface area (Å²) in [5.74, 6) is 0.123. The van der Waals surface area contributed by atoms with Crippen LogP contribution in [0.1, 0.15) is 107 Å². The molecule has 1 aliphatic heterocycles. The Morgan fingerprint density at radius 2 is 1.57 bits per heavy atom. The summed E-state index contributed by atoms with van der Waals surface area (Å²) >= 11 is 0. The average molecular weight is 634 g/mol. The number of fused-ring (bicyclic) bond motifs is 2. The number of amides is 1. The van der Waals surface area contributed by atoms with Gasteiger partial charge >= 0.3 is 35.5 Å². The van der Waals surface area contributed by atoms with Crippen LogP contribution in [-0.2, 0) is 31.0 Å². The van der Waals surface area contributed by atoms with Crippen LogP contribution in [0.25, 0.3) is 0 Å². The fourth-order valence-electron chi connectivity index (χ4n) is 6.74. The predicted octanol–water partition coefficient (Wildman–Crippen LogP) is 4.21. The maximum absolute atomic E-state index is 13.7. The molecule has 1 unspecified atom stereocenters. The number of aryl methyl sites for hydroxylation is 1. The van der Waals surface area contributed by atoms with E-state index in [-0.39, 0.29) is 72.2 Å². The number of hydrogen-bond donors (Lipinski definition) is 1. The van der Waals surface area contributed by atoms with Gasteiger partial charge in [-0.3, -0.25) is 9.59 Å². The second-order valence-electron chi connectivity index (χ2n) is 13.5. The second-order valence-corrected chi connectivity index (χ2v) is 13.5. The molecule has 1 heterocycles. The third-order valence-corrected chi connectivity index (χ3v) is 9.02. The van der Waals surface area contributed by atoms with Crippen molar-refractivity contribution in [1.82, 2.24) is 0 Å². The molecule has 8 heteroatoms. The Bertz CT molecular complexity index is 1480. The summed E-state index contributed by atoms with van der Waals surface area (Å²) in [6, 6.07) is 22.0.